The Morgan fingerprint density at radius 3 is 2.69 bits per heavy atom. The van der Waals surface area contributed by atoms with Crippen LogP contribution in [0, 0.1) is 0 Å². The van der Waals surface area contributed by atoms with Crippen molar-refractivity contribution in [1.29, 1.82) is 0 Å². The largest absolute Gasteiger partial charge is 0.461 e. The number of nitrogens with one attached hydrogen (secondary N) is 1. The minimum absolute atomic E-state index is 0.0730. The lowest BCUT2D eigenvalue weighted by atomic mass is 10.2. The summed E-state index contributed by atoms with van der Waals surface area (Å²) in [6.45, 7) is 5.17. The van der Waals surface area contributed by atoms with Crippen molar-refractivity contribution in [3.63, 3.8) is 0 Å². The predicted molar refractivity (Wildman–Crippen MR) is 64.0 cm³/mol. The zero-order valence-corrected chi connectivity index (χ0v) is 9.90. The molecule has 0 bridgehead atoms. The van der Waals surface area contributed by atoms with Gasteiger partial charge in [0.2, 0.25) is 0 Å². The topological polar surface area (TPSA) is 38.3 Å². The van der Waals surface area contributed by atoms with E-state index < -0.39 is 0 Å². The van der Waals surface area contributed by atoms with Gasteiger partial charge in [0.05, 0.1) is 0 Å². The summed E-state index contributed by atoms with van der Waals surface area (Å²) in [5, 5.41) is 3.25. The molecule has 88 valence electrons. The first-order valence-corrected chi connectivity index (χ1v) is 5.66. The van der Waals surface area contributed by atoms with Crippen LogP contribution in [0.1, 0.15) is 25.8 Å². The fraction of sp³-hybridized carbons (Fsp3) is 0.462. The number of esters is 1. The van der Waals surface area contributed by atoms with E-state index in [0.29, 0.717) is 13.0 Å². The van der Waals surface area contributed by atoms with E-state index in [2.05, 4.69) is 17.4 Å². The van der Waals surface area contributed by atoms with Crippen LogP contribution in [0.5, 0.6) is 0 Å². The molecule has 0 amide bonds. The van der Waals surface area contributed by atoms with Crippen LogP contribution in [0.3, 0.4) is 0 Å². The molecule has 3 heteroatoms. The van der Waals surface area contributed by atoms with Crippen LogP contribution in [0.15, 0.2) is 30.3 Å². The van der Waals surface area contributed by atoms with Gasteiger partial charge in [0.15, 0.2) is 0 Å². The zero-order chi connectivity index (χ0) is 11.8. The molecule has 0 aliphatic rings. The Hall–Kier alpha value is -1.35. The van der Waals surface area contributed by atoms with Gasteiger partial charge in [-0.05, 0) is 12.5 Å². The van der Waals surface area contributed by atoms with E-state index >= 15 is 0 Å². The van der Waals surface area contributed by atoms with Crippen LogP contribution in [-0.4, -0.2) is 18.6 Å². The van der Waals surface area contributed by atoms with Crippen molar-refractivity contribution >= 4 is 5.97 Å². The van der Waals surface area contributed by atoms with E-state index in [9.17, 15) is 4.79 Å². The van der Waals surface area contributed by atoms with E-state index in [1.165, 1.54) is 5.56 Å². The molecular weight excluding hydrogens is 202 g/mol. The summed E-state index contributed by atoms with van der Waals surface area (Å²) in [7, 11) is 0. The summed E-state index contributed by atoms with van der Waals surface area (Å²) >= 11 is 0. The lowest BCUT2D eigenvalue weighted by molar-refractivity contribution is -0.147. The Bertz CT molecular complexity index is 311. The molecule has 0 aromatic heterocycles. The molecular formula is C13H19NO2. The number of rotatable bonds is 6. The molecule has 16 heavy (non-hydrogen) atoms. The Labute approximate surface area is 96.8 Å². The smallest absolute Gasteiger partial charge is 0.305 e. The van der Waals surface area contributed by atoms with Gasteiger partial charge in [0.25, 0.3) is 0 Å². The highest BCUT2D eigenvalue weighted by molar-refractivity contribution is 5.69. The number of benzene rings is 1. The third kappa shape index (κ3) is 4.94. The maximum atomic E-state index is 11.0. The average Bonchev–Trinajstić information content (AvgIpc) is 2.30. The molecule has 0 radical (unpaired) electrons. The third-order valence-corrected chi connectivity index (χ3v) is 2.23. The van der Waals surface area contributed by atoms with Crippen LogP contribution < -0.4 is 5.32 Å². The lowest BCUT2D eigenvalue weighted by Crippen LogP contribution is -2.28. The minimum Gasteiger partial charge on any atom is -0.461 e. The fourth-order valence-electron chi connectivity index (χ4n) is 1.37. The fourth-order valence-corrected chi connectivity index (χ4v) is 1.37. The molecule has 0 aliphatic carbocycles. The van der Waals surface area contributed by atoms with Gasteiger partial charge in [-0.3, -0.25) is 4.79 Å². The molecule has 3 nitrogen and oxygen atoms in total. The summed E-state index contributed by atoms with van der Waals surface area (Å²) in [5.74, 6) is -0.144. The number of carbonyl (C=O) groups excluding carboxylic acids is 1. The Morgan fingerprint density at radius 1 is 1.38 bits per heavy atom. The van der Waals surface area contributed by atoms with Crippen LogP contribution in [-0.2, 0) is 16.1 Å². The average molecular weight is 221 g/mol. The summed E-state index contributed by atoms with van der Waals surface area (Å²) in [5.41, 5.74) is 1.23. The SMILES string of the molecule is CCC(=O)OC(C)CNCc1ccccc1. The first kappa shape index (κ1) is 12.7. The van der Waals surface area contributed by atoms with E-state index in [1.807, 2.05) is 25.1 Å². The lowest BCUT2D eigenvalue weighted by Gasteiger charge is -2.13. The van der Waals surface area contributed by atoms with Crippen LogP contribution in [0.2, 0.25) is 0 Å². The molecule has 0 saturated carbocycles. The van der Waals surface area contributed by atoms with Crippen molar-refractivity contribution in [2.45, 2.75) is 32.9 Å². The van der Waals surface area contributed by atoms with Crippen LogP contribution in [0.25, 0.3) is 0 Å². The van der Waals surface area contributed by atoms with Gasteiger partial charge in [-0.1, -0.05) is 37.3 Å². The number of hydrogen-bond donors (Lipinski definition) is 1. The highest BCUT2D eigenvalue weighted by Crippen LogP contribution is 1.98. The van der Waals surface area contributed by atoms with Crippen LogP contribution in [0.4, 0.5) is 0 Å². The first-order chi connectivity index (χ1) is 7.72. The van der Waals surface area contributed by atoms with Gasteiger partial charge in [-0.15, -0.1) is 0 Å². The maximum absolute atomic E-state index is 11.0. The normalized spacial score (nSPS) is 12.1. The van der Waals surface area contributed by atoms with Crippen LogP contribution >= 0.6 is 0 Å². The van der Waals surface area contributed by atoms with E-state index in [0.717, 1.165) is 6.54 Å². The summed E-state index contributed by atoms with van der Waals surface area (Å²) < 4.78 is 5.14. The van der Waals surface area contributed by atoms with Crippen molar-refractivity contribution in [3.05, 3.63) is 35.9 Å². The monoisotopic (exact) mass is 221 g/mol. The first-order valence-electron chi connectivity index (χ1n) is 5.66. The number of ether oxygens (including phenoxy) is 1. The maximum Gasteiger partial charge on any atom is 0.305 e. The van der Waals surface area contributed by atoms with E-state index in [-0.39, 0.29) is 12.1 Å². The summed E-state index contributed by atoms with van der Waals surface area (Å²) in [6, 6.07) is 10.1. The molecule has 1 aromatic rings. The van der Waals surface area contributed by atoms with Gasteiger partial charge < -0.3 is 10.1 Å². The Balaban J connectivity index is 2.18. The molecule has 0 spiro atoms. The standard InChI is InChI=1S/C13H19NO2/c1-3-13(15)16-11(2)9-14-10-12-7-5-4-6-8-12/h4-8,11,14H,3,9-10H2,1-2H3. The van der Waals surface area contributed by atoms with Crippen molar-refractivity contribution in [3.8, 4) is 0 Å². The number of carbonyl (C=O) groups is 1. The second-order valence-corrected chi connectivity index (χ2v) is 3.77. The van der Waals surface area contributed by atoms with Gasteiger partial charge in [0, 0.05) is 19.5 Å². The van der Waals surface area contributed by atoms with E-state index in [4.69, 9.17) is 4.74 Å². The van der Waals surface area contributed by atoms with Gasteiger partial charge in [0.1, 0.15) is 6.10 Å². The molecule has 1 N–H and O–H groups in total. The molecule has 0 fully saturated rings. The molecule has 0 saturated heterocycles. The molecule has 1 aromatic carbocycles. The van der Waals surface area contributed by atoms with Crippen molar-refractivity contribution in [2.24, 2.45) is 0 Å². The minimum atomic E-state index is -0.144. The molecule has 1 atom stereocenters. The molecule has 0 heterocycles. The second kappa shape index (κ2) is 7.01. The summed E-state index contributed by atoms with van der Waals surface area (Å²) in [4.78, 5) is 11.0. The Morgan fingerprint density at radius 2 is 2.06 bits per heavy atom. The predicted octanol–water partition coefficient (Wildman–Crippen LogP) is 2.12. The van der Waals surface area contributed by atoms with Gasteiger partial charge >= 0.3 is 5.97 Å². The quantitative estimate of drug-likeness (QED) is 0.748. The van der Waals surface area contributed by atoms with Crippen molar-refractivity contribution in [1.82, 2.24) is 5.32 Å². The van der Waals surface area contributed by atoms with Gasteiger partial charge in [-0.2, -0.15) is 0 Å². The number of hydrogen-bond acceptors (Lipinski definition) is 3. The highest BCUT2D eigenvalue weighted by atomic mass is 16.5. The van der Waals surface area contributed by atoms with E-state index in [1.54, 1.807) is 6.92 Å². The summed E-state index contributed by atoms with van der Waals surface area (Å²) in [6.07, 6.45) is 0.361. The molecule has 1 rings (SSSR count). The Kier molecular flexibility index (Phi) is 5.57. The second-order valence-electron chi connectivity index (χ2n) is 3.77. The third-order valence-electron chi connectivity index (χ3n) is 2.23. The van der Waals surface area contributed by atoms with Gasteiger partial charge in [-0.25, -0.2) is 0 Å². The zero-order valence-electron chi connectivity index (χ0n) is 9.90. The molecule has 1 unspecified atom stereocenters. The highest BCUT2D eigenvalue weighted by Gasteiger charge is 2.06. The van der Waals surface area contributed by atoms with Crippen molar-refractivity contribution < 1.29 is 9.53 Å². The van der Waals surface area contributed by atoms with Crippen molar-refractivity contribution in [2.75, 3.05) is 6.54 Å². The molecule has 0 aliphatic heterocycles.